The van der Waals surface area contributed by atoms with E-state index in [4.69, 9.17) is 5.73 Å². The molecule has 0 aliphatic rings. The van der Waals surface area contributed by atoms with E-state index in [-0.39, 0.29) is 11.7 Å². The highest BCUT2D eigenvalue weighted by molar-refractivity contribution is 5.98. The van der Waals surface area contributed by atoms with Crippen molar-refractivity contribution >= 4 is 11.6 Å². The van der Waals surface area contributed by atoms with E-state index in [9.17, 15) is 9.18 Å². The Morgan fingerprint density at radius 3 is 2.47 bits per heavy atom. The summed E-state index contributed by atoms with van der Waals surface area (Å²) in [6.45, 7) is 5.50. The highest BCUT2D eigenvalue weighted by Crippen LogP contribution is 2.19. The van der Waals surface area contributed by atoms with Gasteiger partial charge in [-0.05, 0) is 43.5 Å². The first-order valence-corrected chi connectivity index (χ1v) is 5.79. The standard InChI is InChI=1S/C13H19FN2O/c1-4-13(15,5-2)12(17)16-11-7-6-10(14)8-9(11)3/h6-8H,4-5,15H2,1-3H3,(H,16,17). The Labute approximate surface area is 101 Å². The van der Waals surface area contributed by atoms with Gasteiger partial charge in [-0.1, -0.05) is 13.8 Å². The van der Waals surface area contributed by atoms with Crippen molar-refractivity contribution in [1.82, 2.24) is 0 Å². The van der Waals surface area contributed by atoms with E-state index in [0.717, 1.165) is 0 Å². The fourth-order valence-corrected chi connectivity index (χ4v) is 1.59. The minimum absolute atomic E-state index is 0.225. The number of nitrogens with two attached hydrogens (primary N) is 1. The van der Waals surface area contributed by atoms with Crippen molar-refractivity contribution < 1.29 is 9.18 Å². The van der Waals surface area contributed by atoms with Crippen LogP contribution < -0.4 is 11.1 Å². The molecule has 1 amide bonds. The Hall–Kier alpha value is -1.42. The number of anilines is 1. The molecule has 0 atom stereocenters. The summed E-state index contributed by atoms with van der Waals surface area (Å²) >= 11 is 0. The van der Waals surface area contributed by atoms with Gasteiger partial charge in [0.2, 0.25) is 5.91 Å². The van der Waals surface area contributed by atoms with Crippen molar-refractivity contribution in [1.29, 1.82) is 0 Å². The van der Waals surface area contributed by atoms with Crippen LogP contribution in [-0.4, -0.2) is 11.4 Å². The van der Waals surface area contributed by atoms with E-state index >= 15 is 0 Å². The summed E-state index contributed by atoms with van der Waals surface area (Å²) in [6.07, 6.45) is 1.13. The van der Waals surface area contributed by atoms with Crippen LogP contribution in [0.15, 0.2) is 18.2 Å². The number of aryl methyl sites for hydroxylation is 1. The summed E-state index contributed by atoms with van der Waals surface area (Å²) < 4.78 is 12.9. The third-order valence-electron chi connectivity index (χ3n) is 3.15. The molecule has 0 heterocycles. The lowest BCUT2D eigenvalue weighted by atomic mass is 9.93. The summed E-state index contributed by atoms with van der Waals surface area (Å²) in [5.74, 6) is -0.539. The normalized spacial score (nSPS) is 11.4. The van der Waals surface area contributed by atoms with Gasteiger partial charge in [0.25, 0.3) is 0 Å². The molecule has 17 heavy (non-hydrogen) atoms. The van der Waals surface area contributed by atoms with Gasteiger partial charge in [-0.3, -0.25) is 4.79 Å². The third kappa shape index (κ3) is 3.03. The molecule has 1 aromatic carbocycles. The van der Waals surface area contributed by atoms with Crippen LogP contribution in [0.25, 0.3) is 0 Å². The van der Waals surface area contributed by atoms with Crippen LogP contribution in [0.4, 0.5) is 10.1 Å². The lowest BCUT2D eigenvalue weighted by molar-refractivity contribution is -0.121. The molecule has 0 aliphatic heterocycles. The van der Waals surface area contributed by atoms with Crippen molar-refractivity contribution in [2.24, 2.45) is 5.73 Å². The summed E-state index contributed by atoms with van der Waals surface area (Å²) in [5.41, 5.74) is 6.41. The van der Waals surface area contributed by atoms with Crippen LogP contribution in [0.3, 0.4) is 0 Å². The smallest absolute Gasteiger partial charge is 0.244 e. The molecule has 0 radical (unpaired) electrons. The number of benzene rings is 1. The average molecular weight is 238 g/mol. The van der Waals surface area contributed by atoms with Crippen molar-refractivity contribution in [2.75, 3.05) is 5.32 Å². The second kappa shape index (κ2) is 5.27. The second-order valence-corrected chi connectivity index (χ2v) is 4.28. The minimum Gasteiger partial charge on any atom is -0.324 e. The Morgan fingerprint density at radius 1 is 1.41 bits per heavy atom. The second-order valence-electron chi connectivity index (χ2n) is 4.28. The molecule has 0 saturated heterocycles. The molecule has 0 bridgehead atoms. The molecular weight excluding hydrogens is 219 g/mol. The van der Waals surface area contributed by atoms with E-state index < -0.39 is 5.54 Å². The van der Waals surface area contributed by atoms with Crippen molar-refractivity contribution in [3.63, 3.8) is 0 Å². The monoisotopic (exact) mass is 238 g/mol. The maximum atomic E-state index is 12.9. The van der Waals surface area contributed by atoms with Gasteiger partial charge in [0.05, 0.1) is 5.54 Å². The largest absolute Gasteiger partial charge is 0.324 e. The molecule has 1 aromatic rings. The molecule has 0 saturated carbocycles. The zero-order valence-corrected chi connectivity index (χ0v) is 10.5. The van der Waals surface area contributed by atoms with E-state index in [2.05, 4.69) is 5.32 Å². The van der Waals surface area contributed by atoms with Crippen LogP contribution in [0.5, 0.6) is 0 Å². The molecule has 3 N–H and O–H groups in total. The summed E-state index contributed by atoms with van der Waals surface area (Å²) in [5, 5.41) is 2.75. The van der Waals surface area contributed by atoms with E-state index in [1.165, 1.54) is 12.1 Å². The van der Waals surface area contributed by atoms with Crippen LogP contribution in [0.1, 0.15) is 32.3 Å². The molecule has 4 heteroatoms. The number of rotatable bonds is 4. The SMILES string of the molecule is CCC(N)(CC)C(=O)Nc1ccc(F)cc1C. The first-order valence-electron chi connectivity index (χ1n) is 5.79. The van der Waals surface area contributed by atoms with Crippen LogP contribution in [0.2, 0.25) is 0 Å². The van der Waals surface area contributed by atoms with Gasteiger partial charge in [0, 0.05) is 5.69 Å². The number of amides is 1. The molecule has 3 nitrogen and oxygen atoms in total. The highest BCUT2D eigenvalue weighted by atomic mass is 19.1. The number of nitrogens with one attached hydrogen (secondary N) is 1. The summed E-state index contributed by atoms with van der Waals surface area (Å²) in [6, 6.07) is 4.25. The predicted molar refractivity (Wildman–Crippen MR) is 67.3 cm³/mol. The lowest BCUT2D eigenvalue weighted by Gasteiger charge is -2.25. The molecular formula is C13H19FN2O. The number of hydrogen-bond acceptors (Lipinski definition) is 2. The fraction of sp³-hybridized carbons (Fsp3) is 0.462. The number of carbonyl (C=O) groups excluding carboxylic acids is 1. The van der Waals surface area contributed by atoms with Crippen LogP contribution in [0, 0.1) is 12.7 Å². The minimum atomic E-state index is -0.860. The lowest BCUT2D eigenvalue weighted by Crippen LogP contribution is -2.50. The Morgan fingerprint density at radius 2 is 2.00 bits per heavy atom. The average Bonchev–Trinajstić information content (AvgIpc) is 2.31. The van der Waals surface area contributed by atoms with Crippen LogP contribution in [-0.2, 0) is 4.79 Å². The van der Waals surface area contributed by atoms with Crippen LogP contribution >= 0.6 is 0 Å². The molecule has 0 fully saturated rings. The van der Waals surface area contributed by atoms with Gasteiger partial charge < -0.3 is 11.1 Å². The fourth-order valence-electron chi connectivity index (χ4n) is 1.59. The van der Waals surface area contributed by atoms with E-state index in [0.29, 0.717) is 24.1 Å². The molecule has 0 aromatic heterocycles. The maximum Gasteiger partial charge on any atom is 0.244 e. The quantitative estimate of drug-likeness (QED) is 0.847. The molecule has 1 rings (SSSR count). The van der Waals surface area contributed by atoms with Crippen molar-refractivity contribution in [2.45, 2.75) is 39.2 Å². The predicted octanol–water partition coefficient (Wildman–Crippen LogP) is 2.59. The number of carbonyl (C=O) groups is 1. The Kier molecular flexibility index (Phi) is 4.23. The Balaban J connectivity index is 2.88. The zero-order valence-electron chi connectivity index (χ0n) is 10.5. The van der Waals surface area contributed by atoms with Gasteiger partial charge in [0.15, 0.2) is 0 Å². The third-order valence-corrected chi connectivity index (χ3v) is 3.15. The Bertz CT molecular complexity index is 414. The molecule has 0 aliphatic carbocycles. The summed E-state index contributed by atoms with van der Waals surface area (Å²) in [7, 11) is 0. The maximum absolute atomic E-state index is 12.9. The summed E-state index contributed by atoms with van der Waals surface area (Å²) in [4.78, 5) is 12.0. The topological polar surface area (TPSA) is 55.1 Å². The molecule has 0 unspecified atom stereocenters. The van der Waals surface area contributed by atoms with E-state index in [1.54, 1.807) is 13.0 Å². The van der Waals surface area contributed by atoms with Crippen molar-refractivity contribution in [3.8, 4) is 0 Å². The first kappa shape index (κ1) is 13.6. The van der Waals surface area contributed by atoms with E-state index in [1.807, 2.05) is 13.8 Å². The van der Waals surface area contributed by atoms with Gasteiger partial charge in [0.1, 0.15) is 5.82 Å². The highest BCUT2D eigenvalue weighted by Gasteiger charge is 2.30. The zero-order chi connectivity index (χ0) is 13.1. The van der Waals surface area contributed by atoms with Gasteiger partial charge >= 0.3 is 0 Å². The molecule has 0 spiro atoms. The number of halogens is 1. The van der Waals surface area contributed by atoms with Crippen molar-refractivity contribution in [3.05, 3.63) is 29.6 Å². The molecule has 94 valence electrons. The van der Waals surface area contributed by atoms with Gasteiger partial charge in [-0.15, -0.1) is 0 Å². The van der Waals surface area contributed by atoms with Gasteiger partial charge in [-0.2, -0.15) is 0 Å². The number of hydrogen-bond donors (Lipinski definition) is 2. The van der Waals surface area contributed by atoms with Gasteiger partial charge in [-0.25, -0.2) is 4.39 Å². The first-order chi connectivity index (χ1) is 7.92.